The lowest BCUT2D eigenvalue weighted by molar-refractivity contribution is 0.0955. The van der Waals surface area contributed by atoms with Gasteiger partial charge in [0.15, 0.2) is 0 Å². The van der Waals surface area contributed by atoms with Crippen LogP contribution in [0.25, 0.3) is 0 Å². The van der Waals surface area contributed by atoms with E-state index < -0.39 is 0 Å². The SMILES string of the molecule is CCN(CC)Cc1cc(/C(C)=N/NC(=O)c2ccc(O)cc2)ccc1O. The van der Waals surface area contributed by atoms with Crippen molar-refractivity contribution >= 4 is 11.6 Å². The van der Waals surface area contributed by atoms with Crippen molar-refractivity contribution in [2.75, 3.05) is 13.1 Å². The zero-order valence-electron chi connectivity index (χ0n) is 15.4. The summed E-state index contributed by atoms with van der Waals surface area (Å²) < 4.78 is 0. The molecule has 2 aromatic rings. The normalized spacial score (nSPS) is 11.6. The third-order valence-electron chi connectivity index (χ3n) is 4.24. The first-order valence-corrected chi connectivity index (χ1v) is 8.62. The largest absolute Gasteiger partial charge is 0.508 e. The molecule has 0 aliphatic rings. The first kappa shape index (κ1) is 19.5. The first-order valence-electron chi connectivity index (χ1n) is 8.62. The number of carbonyl (C=O) groups excluding carboxylic acids is 1. The summed E-state index contributed by atoms with van der Waals surface area (Å²) in [7, 11) is 0. The molecule has 0 atom stereocenters. The van der Waals surface area contributed by atoms with Crippen molar-refractivity contribution in [1.82, 2.24) is 10.3 Å². The van der Waals surface area contributed by atoms with Gasteiger partial charge in [-0.3, -0.25) is 9.69 Å². The summed E-state index contributed by atoms with van der Waals surface area (Å²) in [5.41, 5.74) is 5.21. The lowest BCUT2D eigenvalue weighted by Crippen LogP contribution is -2.22. The monoisotopic (exact) mass is 355 g/mol. The van der Waals surface area contributed by atoms with E-state index in [-0.39, 0.29) is 17.4 Å². The van der Waals surface area contributed by atoms with Gasteiger partial charge in [-0.1, -0.05) is 13.8 Å². The van der Waals surface area contributed by atoms with Gasteiger partial charge in [0.2, 0.25) is 0 Å². The molecule has 0 heterocycles. The van der Waals surface area contributed by atoms with Crippen molar-refractivity contribution in [3.8, 4) is 11.5 Å². The fraction of sp³-hybridized carbons (Fsp3) is 0.300. The van der Waals surface area contributed by atoms with Crippen LogP contribution in [-0.2, 0) is 6.54 Å². The van der Waals surface area contributed by atoms with Gasteiger partial charge in [0, 0.05) is 17.7 Å². The number of hydrogen-bond donors (Lipinski definition) is 3. The topological polar surface area (TPSA) is 85.2 Å². The summed E-state index contributed by atoms with van der Waals surface area (Å²) in [5.74, 6) is -0.000807. The minimum atomic E-state index is -0.355. The van der Waals surface area contributed by atoms with E-state index in [0.29, 0.717) is 17.8 Å². The van der Waals surface area contributed by atoms with Crippen LogP contribution in [0.1, 0.15) is 42.3 Å². The van der Waals surface area contributed by atoms with Crippen molar-refractivity contribution in [2.24, 2.45) is 5.10 Å². The summed E-state index contributed by atoms with van der Waals surface area (Å²) in [6, 6.07) is 11.3. The highest BCUT2D eigenvalue weighted by Gasteiger charge is 2.09. The Morgan fingerprint density at radius 1 is 1.04 bits per heavy atom. The Kier molecular flexibility index (Phi) is 6.74. The molecule has 0 aliphatic heterocycles. The molecule has 1 amide bonds. The molecule has 0 fully saturated rings. The van der Waals surface area contributed by atoms with Crippen LogP contribution in [0.5, 0.6) is 11.5 Å². The minimum absolute atomic E-state index is 0.103. The molecule has 0 radical (unpaired) electrons. The average molecular weight is 355 g/mol. The second kappa shape index (κ2) is 9.01. The van der Waals surface area contributed by atoms with Crippen LogP contribution in [-0.4, -0.2) is 39.8 Å². The Labute approximate surface area is 153 Å². The fourth-order valence-electron chi connectivity index (χ4n) is 2.50. The molecule has 0 spiro atoms. The van der Waals surface area contributed by atoms with Crippen molar-refractivity contribution < 1.29 is 15.0 Å². The van der Waals surface area contributed by atoms with Crippen LogP contribution in [0.4, 0.5) is 0 Å². The number of aromatic hydroxyl groups is 2. The molecule has 0 unspecified atom stereocenters. The number of nitrogens with zero attached hydrogens (tertiary/aromatic N) is 2. The Balaban J connectivity index is 2.12. The van der Waals surface area contributed by atoms with E-state index in [9.17, 15) is 15.0 Å². The van der Waals surface area contributed by atoms with Gasteiger partial charge < -0.3 is 10.2 Å². The molecule has 0 bridgehead atoms. The third kappa shape index (κ3) is 5.07. The number of amides is 1. The van der Waals surface area contributed by atoms with E-state index in [1.165, 1.54) is 24.3 Å². The number of nitrogens with one attached hydrogen (secondary N) is 1. The number of benzene rings is 2. The number of hydrazone groups is 1. The Hall–Kier alpha value is -2.86. The highest BCUT2D eigenvalue weighted by atomic mass is 16.3. The number of phenolic OH excluding ortho intramolecular Hbond substituents is 2. The quantitative estimate of drug-likeness (QED) is 0.526. The van der Waals surface area contributed by atoms with E-state index in [0.717, 1.165) is 24.2 Å². The third-order valence-corrected chi connectivity index (χ3v) is 4.24. The maximum Gasteiger partial charge on any atom is 0.271 e. The maximum atomic E-state index is 12.1. The number of carbonyl (C=O) groups is 1. The van der Waals surface area contributed by atoms with E-state index in [2.05, 4.69) is 29.3 Å². The van der Waals surface area contributed by atoms with Gasteiger partial charge >= 0.3 is 0 Å². The van der Waals surface area contributed by atoms with Gasteiger partial charge in [-0.05, 0) is 68.0 Å². The Morgan fingerprint density at radius 2 is 1.65 bits per heavy atom. The Bertz CT molecular complexity index is 781. The molecule has 6 heteroatoms. The maximum absolute atomic E-state index is 12.1. The molecule has 2 aromatic carbocycles. The lowest BCUT2D eigenvalue weighted by atomic mass is 10.1. The molecular weight excluding hydrogens is 330 g/mol. The van der Waals surface area contributed by atoms with E-state index >= 15 is 0 Å². The predicted molar refractivity (Wildman–Crippen MR) is 103 cm³/mol. The molecule has 26 heavy (non-hydrogen) atoms. The molecule has 0 aromatic heterocycles. The van der Waals surface area contributed by atoms with E-state index in [4.69, 9.17) is 0 Å². The zero-order valence-corrected chi connectivity index (χ0v) is 15.4. The van der Waals surface area contributed by atoms with Crippen molar-refractivity contribution in [3.63, 3.8) is 0 Å². The molecule has 138 valence electrons. The number of hydrogen-bond acceptors (Lipinski definition) is 5. The second-order valence-corrected chi connectivity index (χ2v) is 5.99. The molecule has 0 saturated heterocycles. The molecule has 0 saturated carbocycles. The van der Waals surface area contributed by atoms with Crippen molar-refractivity contribution in [3.05, 3.63) is 59.2 Å². The van der Waals surface area contributed by atoms with Crippen molar-refractivity contribution in [1.29, 1.82) is 0 Å². The summed E-state index contributed by atoms with van der Waals surface area (Å²) in [6.45, 7) is 8.41. The summed E-state index contributed by atoms with van der Waals surface area (Å²) >= 11 is 0. The fourth-order valence-corrected chi connectivity index (χ4v) is 2.50. The smallest absolute Gasteiger partial charge is 0.271 e. The lowest BCUT2D eigenvalue weighted by Gasteiger charge is -2.19. The molecule has 3 N–H and O–H groups in total. The highest BCUT2D eigenvalue weighted by molar-refractivity contribution is 6.01. The number of rotatable bonds is 7. The van der Waals surface area contributed by atoms with Crippen LogP contribution < -0.4 is 5.43 Å². The van der Waals surface area contributed by atoms with Crippen LogP contribution >= 0.6 is 0 Å². The van der Waals surface area contributed by atoms with Gasteiger partial charge in [0.1, 0.15) is 11.5 Å². The Morgan fingerprint density at radius 3 is 2.27 bits per heavy atom. The van der Waals surface area contributed by atoms with Crippen LogP contribution in [0.3, 0.4) is 0 Å². The second-order valence-electron chi connectivity index (χ2n) is 5.99. The van der Waals surface area contributed by atoms with Crippen LogP contribution in [0.2, 0.25) is 0 Å². The van der Waals surface area contributed by atoms with Crippen LogP contribution in [0, 0.1) is 0 Å². The van der Waals surface area contributed by atoms with Gasteiger partial charge in [-0.2, -0.15) is 5.10 Å². The van der Waals surface area contributed by atoms with E-state index in [1.54, 1.807) is 19.1 Å². The van der Waals surface area contributed by atoms with Gasteiger partial charge in [0.25, 0.3) is 5.91 Å². The standard InChI is InChI=1S/C20H25N3O3/c1-4-23(5-2)13-17-12-16(8-11-19(17)25)14(3)21-22-20(26)15-6-9-18(24)10-7-15/h6-12,24-25H,4-5,13H2,1-3H3,(H,22,26)/b21-14+. The van der Waals surface area contributed by atoms with Gasteiger partial charge in [-0.25, -0.2) is 5.43 Å². The summed E-state index contributed by atoms with van der Waals surface area (Å²) in [4.78, 5) is 14.3. The summed E-state index contributed by atoms with van der Waals surface area (Å²) in [5, 5.41) is 23.5. The predicted octanol–water partition coefficient (Wildman–Crippen LogP) is 3.09. The zero-order chi connectivity index (χ0) is 19.1. The number of phenols is 2. The minimum Gasteiger partial charge on any atom is -0.508 e. The first-order chi connectivity index (χ1) is 12.4. The van der Waals surface area contributed by atoms with E-state index in [1.807, 2.05) is 6.07 Å². The van der Waals surface area contributed by atoms with Gasteiger partial charge in [0.05, 0.1) is 5.71 Å². The highest BCUT2D eigenvalue weighted by Crippen LogP contribution is 2.21. The van der Waals surface area contributed by atoms with Gasteiger partial charge in [-0.15, -0.1) is 0 Å². The average Bonchev–Trinajstić information content (AvgIpc) is 2.65. The molecule has 6 nitrogen and oxygen atoms in total. The van der Waals surface area contributed by atoms with Crippen LogP contribution in [0.15, 0.2) is 47.6 Å². The molecule has 0 aliphatic carbocycles. The molecule has 2 rings (SSSR count). The summed E-state index contributed by atoms with van der Waals surface area (Å²) in [6.07, 6.45) is 0. The van der Waals surface area contributed by atoms with Crippen molar-refractivity contribution in [2.45, 2.75) is 27.3 Å². The molecular formula is C20H25N3O3.